The van der Waals surface area contributed by atoms with E-state index >= 15 is 0 Å². The van der Waals surface area contributed by atoms with E-state index in [-0.39, 0.29) is 11.6 Å². The number of nitro groups is 1. The van der Waals surface area contributed by atoms with E-state index in [2.05, 4.69) is 16.9 Å². The van der Waals surface area contributed by atoms with Gasteiger partial charge in [0.2, 0.25) is 0 Å². The summed E-state index contributed by atoms with van der Waals surface area (Å²) in [5.41, 5.74) is -0.116. The van der Waals surface area contributed by atoms with E-state index in [9.17, 15) is 10.1 Å². The molecule has 0 bridgehead atoms. The van der Waals surface area contributed by atoms with E-state index in [1.165, 1.54) is 6.07 Å². The summed E-state index contributed by atoms with van der Waals surface area (Å²) in [4.78, 5) is 14.4. The first-order valence-electron chi connectivity index (χ1n) is 5.82. The first-order valence-corrected chi connectivity index (χ1v) is 5.82. The number of allylic oxidation sites excluding steroid dienone is 1. The van der Waals surface area contributed by atoms with Gasteiger partial charge in [-0.2, -0.15) is 4.98 Å². The van der Waals surface area contributed by atoms with E-state index in [0.717, 1.165) is 12.8 Å². The summed E-state index contributed by atoms with van der Waals surface area (Å²) in [6.45, 7) is 6.60. The van der Waals surface area contributed by atoms with Gasteiger partial charge in [0, 0.05) is 12.6 Å². The molecule has 0 aliphatic carbocycles. The van der Waals surface area contributed by atoms with Gasteiger partial charge < -0.3 is 10.1 Å². The van der Waals surface area contributed by atoms with Gasteiger partial charge in [0.25, 0.3) is 5.88 Å². The second-order valence-corrected chi connectivity index (χ2v) is 3.59. The van der Waals surface area contributed by atoms with Crippen LogP contribution >= 0.6 is 0 Å². The second-order valence-electron chi connectivity index (χ2n) is 3.59. The van der Waals surface area contributed by atoms with Gasteiger partial charge in [0.05, 0.1) is 11.5 Å². The Morgan fingerprint density at radius 3 is 3.00 bits per heavy atom. The minimum Gasteiger partial charge on any atom is -0.473 e. The summed E-state index contributed by atoms with van der Waals surface area (Å²) in [5.74, 6) is 0.629. The molecular weight excluding hydrogens is 234 g/mol. The molecule has 0 saturated carbocycles. The smallest absolute Gasteiger partial charge is 0.331 e. The molecule has 1 aromatic rings. The van der Waals surface area contributed by atoms with Crippen LogP contribution in [0, 0.1) is 10.1 Å². The molecule has 1 rings (SSSR count). The third-order valence-corrected chi connectivity index (χ3v) is 2.19. The third kappa shape index (κ3) is 4.04. The fraction of sp³-hybridized carbons (Fsp3) is 0.417. The molecule has 6 nitrogen and oxygen atoms in total. The van der Waals surface area contributed by atoms with Crippen LogP contribution in [0.4, 0.5) is 11.5 Å². The van der Waals surface area contributed by atoms with Crippen LogP contribution in [-0.4, -0.2) is 23.1 Å². The molecule has 0 amide bonds. The van der Waals surface area contributed by atoms with Crippen molar-refractivity contribution in [3.05, 3.63) is 34.9 Å². The highest BCUT2D eigenvalue weighted by Gasteiger charge is 2.17. The first kappa shape index (κ1) is 14.0. The van der Waals surface area contributed by atoms with Crippen LogP contribution < -0.4 is 10.1 Å². The number of nitrogens with zero attached hydrogens (tertiary/aromatic N) is 2. The summed E-state index contributed by atoms with van der Waals surface area (Å²) in [7, 11) is 0. The van der Waals surface area contributed by atoms with Crippen LogP contribution in [0.25, 0.3) is 0 Å². The van der Waals surface area contributed by atoms with Crippen molar-refractivity contribution in [2.45, 2.75) is 19.8 Å². The maximum Gasteiger partial charge on any atom is 0.331 e. The van der Waals surface area contributed by atoms with Crippen LogP contribution in [0.3, 0.4) is 0 Å². The van der Waals surface area contributed by atoms with Crippen molar-refractivity contribution in [1.82, 2.24) is 4.98 Å². The molecule has 0 aliphatic heterocycles. The fourth-order valence-electron chi connectivity index (χ4n) is 1.35. The number of hydrogen-bond donors (Lipinski definition) is 1. The molecule has 0 spiro atoms. The van der Waals surface area contributed by atoms with Crippen molar-refractivity contribution in [3.8, 4) is 5.88 Å². The molecule has 18 heavy (non-hydrogen) atoms. The van der Waals surface area contributed by atoms with Crippen molar-refractivity contribution in [1.29, 1.82) is 0 Å². The highest BCUT2D eigenvalue weighted by molar-refractivity contribution is 5.49. The standard InChI is InChI=1S/C12H17N3O3/c1-3-5-6-9-18-12-10(15(16)17)7-8-11(14-12)13-4-2/h3,7-8H,1,4-6,9H2,2H3,(H,13,14). The van der Waals surface area contributed by atoms with Crippen molar-refractivity contribution in [3.63, 3.8) is 0 Å². The van der Waals surface area contributed by atoms with Crippen molar-refractivity contribution in [2.75, 3.05) is 18.5 Å². The maximum absolute atomic E-state index is 10.8. The number of hydrogen-bond acceptors (Lipinski definition) is 5. The van der Waals surface area contributed by atoms with Crippen LogP contribution in [0.2, 0.25) is 0 Å². The number of nitrogens with one attached hydrogen (secondary N) is 1. The summed E-state index contributed by atoms with van der Waals surface area (Å²) in [5, 5.41) is 13.8. The maximum atomic E-state index is 10.8. The quantitative estimate of drug-likeness (QED) is 0.332. The number of rotatable bonds is 8. The van der Waals surface area contributed by atoms with E-state index in [1.807, 2.05) is 6.92 Å². The number of aromatic nitrogens is 1. The molecule has 0 radical (unpaired) electrons. The Morgan fingerprint density at radius 1 is 1.61 bits per heavy atom. The Morgan fingerprint density at radius 2 is 2.39 bits per heavy atom. The van der Waals surface area contributed by atoms with E-state index < -0.39 is 4.92 Å². The summed E-state index contributed by atoms with van der Waals surface area (Å²) < 4.78 is 5.35. The van der Waals surface area contributed by atoms with Crippen molar-refractivity contribution in [2.24, 2.45) is 0 Å². The van der Waals surface area contributed by atoms with E-state index in [0.29, 0.717) is 19.0 Å². The molecule has 0 aliphatic rings. The molecule has 0 unspecified atom stereocenters. The Kier molecular flexibility index (Phi) is 5.63. The number of anilines is 1. The van der Waals surface area contributed by atoms with Crippen molar-refractivity contribution < 1.29 is 9.66 Å². The SMILES string of the molecule is C=CCCCOc1nc(NCC)ccc1[N+](=O)[O-]. The zero-order valence-corrected chi connectivity index (χ0v) is 10.4. The van der Waals surface area contributed by atoms with Crippen LogP contribution in [0.5, 0.6) is 5.88 Å². The Bertz CT molecular complexity index is 421. The Balaban J connectivity index is 2.79. The molecule has 0 saturated heterocycles. The van der Waals surface area contributed by atoms with Gasteiger partial charge in [-0.3, -0.25) is 10.1 Å². The van der Waals surface area contributed by atoms with Gasteiger partial charge in [-0.1, -0.05) is 6.08 Å². The second kappa shape index (κ2) is 7.26. The van der Waals surface area contributed by atoms with Crippen LogP contribution in [-0.2, 0) is 0 Å². The van der Waals surface area contributed by atoms with E-state index in [4.69, 9.17) is 4.74 Å². The number of pyridine rings is 1. The summed E-state index contributed by atoms with van der Waals surface area (Å²) in [6.07, 6.45) is 3.34. The van der Waals surface area contributed by atoms with Gasteiger partial charge in [-0.25, -0.2) is 0 Å². The molecule has 6 heteroatoms. The predicted octanol–water partition coefficient (Wildman–Crippen LogP) is 2.77. The Labute approximate surface area is 106 Å². The molecule has 0 fully saturated rings. The monoisotopic (exact) mass is 251 g/mol. The highest BCUT2D eigenvalue weighted by atomic mass is 16.6. The molecule has 0 atom stereocenters. The number of unbranched alkanes of at least 4 members (excludes halogenated alkanes) is 1. The van der Waals surface area contributed by atoms with Gasteiger partial charge in [-0.05, 0) is 25.8 Å². The molecule has 98 valence electrons. The summed E-state index contributed by atoms with van der Waals surface area (Å²) >= 11 is 0. The largest absolute Gasteiger partial charge is 0.473 e. The Hall–Kier alpha value is -2.11. The third-order valence-electron chi connectivity index (χ3n) is 2.19. The predicted molar refractivity (Wildman–Crippen MR) is 70.0 cm³/mol. The lowest BCUT2D eigenvalue weighted by atomic mass is 10.3. The van der Waals surface area contributed by atoms with Gasteiger partial charge >= 0.3 is 5.69 Å². The zero-order chi connectivity index (χ0) is 13.4. The highest BCUT2D eigenvalue weighted by Crippen LogP contribution is 2.26. The molecule has 0 aromatic carbocycles. The van der Waals surface area contributed by atoms with Gasteiger partial charge in [0.15, 0.2) is 0 Å². The lowest BCUT2D eigenvalue weighted by Gasteiger charge is -2.07. The minimum atomic E-state index is -0.494. The summed E-state index contributed by atoms with van der Waals surface area (Å²) in [6, 6.07) is 2.96. The minimum absolute atomic E-state index is 0.0579. The average Bonchev–Trinajstić information content (AvgIpc) is 2.35. The number of ether oxygens (including phenoxy) is 1. The molecule has 1 N–H and O–H groups in total. The van der Waals surface area contributed by atoms with Crippen LogP contribution in [0.15, 0.2) is 24.8 Å². The fourth-order valence-corrected chi connectivity index (χ4v) is 1.35. The lowest BCUT2D eigenvalue weighted by Crippen LogP contribution is -2.05. The normalized spacial score (nSPS) is 9.83. The average molecular weight is 251 g/mol. The van der Waals surface area contributed by atoms with Gasteiger partial charge in [0.1, 0.15) is 5.82 Å². The van der Waals surface area contributed by atoms with Gasteiger partial charge in [-0.15, -0.1) is 6.58 Å². The topological polar surface area (TPSA) is 77.3 Å². The zero-order valence-electron chi connectivity index (χ0n) is 10.4. The molecule has 1 heterocycles. The van der Waals surface area contributed by atoms with Crippen molar-refractivity contribution >= 4 is 11.5 Å². The molecular formula is C12H17N3O3. The van der Waals surface area contributed by atoms with E-state index in [1.54, 1.807) is 12.1 Å². The molecule has 1 aromatic heterocycles. The van der Waals surface area contributed by atoms with Crippen LogP contribution in [0.1, 0.15) is 19.8 Å². The first-order chi connectivity index (χ1) is 8.69. The lowest BCUT2D eigenvalue weighted by molar-refractivity contribution is -0.386.